The van der Waals surface area contributed by atoms with Crippen LogP contribution in [0.5, 0.6) is 0 Å². The molecule has 0 radical (unpaired) electrons. The summed E-state index contributed by atoms with van der Waals surface area (Å²) in [6.45, 7) is 0.522. The normalized spacial score (nSPS) is 21.7. The number of rotatable bonds is 3. The molecule has 0 aromatic carbocycles. The quantitative estimate of drug-likeness (QED) is 0.402. The molecule has 0 aliphatic heterocycles. The number of hydrogen-bond acceptors (Lipinski definition) is 2. The molecule has 0 aromatic heterocycles. The Kier molecular flexibility index (Phi) is 3.34. The maximum Gasteiger partial charge on any atom is 0.188 e. The van der Waals surface area contributed by atoms with Crippen molar-refractivity contribution in [3.8, 4) is 0 Å². The van der Waals surface area contributed by atoms with Crippen LogP contribution in [0.2, 0.25) is 0 Å². The summed E-state index contributed by atoms with van der Waals surface area (Å²) in [7, 11) is 1.62. The van der Waals surface area contributed by atoms with E-state index in [4.69, 9.17) is 5.73 Å². The lowest BCUT2D eigenvalue weighted by Gasteiger charge is -2.30. The van der Waals surface area contributed by atoms with Crippen molar-refractivity contribution in [1.82, 2.24) is 5.32 Å². The molecule has 0 saturated heterocycles. The molecule has 4 N–H and O–H groups in total. The highest BCUT2D eigenvalue weighted by molar-refractivity contribution is 5.77. The van der Waals surface area contributed by atoms with Gasteiger partial charge in [0, 0.05) is 13.6 Å². The lowest BCUT2D eigenvalue weighted by Crippen LogP contribution is -2.41. The van der Waals surface area contributed by atoms with Crippen LogP contribution in [0.4, 0.5) is 0 Å². The highest BCUT2D eigenvalue weighted by Gasteiger charge is 2.25. The van der Waals surface area contributed by atoms with Crippen LogP contribution in [0.15, 0.2) is 4.99 Å². The average molecular weight is 171 g/mol. The Morgan fingerprint density at radius 1 is 1.75 bits per heavy atom. The maximum atomic E-state index is 9.54. The Balaban J connectivity index is 2.13. The number of aliphatic hydroxyl groups is 1. The first-order valence-electron chi connectivity index (χ1n) is 4.38. The molecule has 1 unspecified atom stereocenters. The van der Waals surface area contributed by atoms with Gasteiger partial charge in [0.25, 0.3) is 0 Å². The molecule has 1 saturated carbocycles. The van der Waals surface area contributed by atoms with Crippen LogP contribution in [0, 0.1) is 5.92 Å². The van der Waals surface area contributed by atoms with Crippen molar-refractivity contribution >= 4 is 5.96 Å². The zero-order chi connectivity index (χ0) is 8.97. The van der Waals surface area contributed by atoms with Gasteiger partial charge in [0.2, 0.25) is 0 Å². The first-order valence-corrected chi connectivity index (χ1v) is 4.38. The van der Waals surface area contributed by atoms with Crippen LogP contribution in [0.3, 0.4) is 0 Å². The molecule has 0 bridgehead atoms. The average Bonchev–Trinajstić information content (AvgIpc) is 1.97. The minimum Gasteiger partial charge on any atom is -0.391 e. The summed E-state index contributed by atoms with van der Waals surface area (Å²) in [5, 5.41) is 12.4. The Labute approximate surface area is 72.9 Å². The van der Waals surface area contributed by atoms with E-state index in [0.717, 1.165) is 12.8 Å². The molecule has 0 amide bonds. The van der Waals surface area contributed by atoms with Gasteiger partial charge in [-0.3, -0.25) is 4.99 Å². The number of aliphatic hydroxyl groups excluding tert-OH is 1. The zero-order valence-electron chi connectivity index (χ0n) is 7.45. The molecule has 0 heterocycles. The monoisotopic (exact) mass is 171 g/mol. The summed E-state index contributed by atoms with van der Waals surface area (Å²) in [5.74, 6) is 0.871. The largest absolute Gasteiger partial charge is 0.391 e. The topological polar surface area (TPSA) is 70.6 Å². The smallest absolute Gasteiger partial charge is 0.188 e. The molecule has 1 rings (SSSR count). The minimum absolute atomic E-state index is 0.265. The third kappa shape index (κ3) is 2.37. The standard InChI is InChI=1S/C8H17N3O/c1-10-8(9)11-5-7(12)6-3-2-4-6/h6-7,12H,2-5H2,1H3,(H3,9,10,11). The Morgan fingerprint density at radius 3 is 2.83 bits per heavy atom. The van der Waals surface area contributed by atoms with E-state index >= 15 is 0 Å². The van der Waals surface area contributed by atoms with Gasteiger partial charge in [-0.25, -0.2) is 0 Å². The molecule has 1 fully saturated rings. The van der Waals surface area contributed by atoms with Crippen LogP contribution in [-0.2, 0) is 0 Å². The molecule has 70 valence electrons. The summed E-state index contributed by atoms with van der Waals surface area (Å²) in [4.78, 5) is 3.74. The number of nitrogens with two attached hydrogens (primary N) is 1. The van der Waals surface area contributed by atoms with Crippen molar-refractivity contribution in [2.24, 2.45) is 16.6 Å². The van der Waals surface area contributed by atoms with Crippen LogP contribution < -0.4 is 11.1 Å². The van der Waals surface area contributed by atoms with E-state index in [1.165, 1.54) is 6.42 Å². The van der Waals surface area contributed by atoms with E-state index in [9.17, 15) is 5.11 Å². The van der Waals surface area contributed by atoms with Gasteiger partial charge >= 0.3 is 0 Å². The Morgan fingerprint density at radius 2 is 2.42 bits per heavy atom. The third-order valence-corrected chi connectivity index (χ3v) is 2.43. The number of nitrogens with zero attached hydrogens (tertiary/aromatic N) is 1. The highest BCUT2D eigenvalue weighted by atomic mass is 16.3. The molecule has 0 aromatic rings. The lowest BCUT2D eigenvalue weighted by atomic mass is 9.81. The SMILES string of the molecule is CN=C(N)NCC(O)C1CCC1. The molecule has 1 aliphatic rings. The van der Waals surface area contributed by atoms with Crippen molar-refractivity contribution in [2.75, 3.05) is 13.6 Å². The van der Waals surface area contributed by atoms with Gasteiger partial charge in [0.1, 0.15) is 0 Å². The van der Waals surface area contributed by atoms with E-state index in [1.54, 1.807) is 7.05 Å². The molecule has 0 spiro atoms. The van der Waals surface area contributed by atoms with Gasteiger partial charge in [-0.15, -0.1) is 0 Å². The second-order valence-electron chi connectivity index (χ2n) is 3.25. The Hall–Kier alpha value is -0.770. The fourth-order valence-corrected chi connectivity index (χ4v) is 1.28. The zero-order valence-corrected chi connectivity index (χ0v) is 7.45. The maximum absolute atomic E-state index is 9.54. The number of nitrogens with one attached hydrogen (secondary N) is 1. The molecule has 1 atom stereocenters. The van der Waals surface area contributed by atoms with Gasteiger partial charge in [-0.05, 0) is 18.8 Å². The summed E-state index contributed by atoms with van der Waals surface area (Å²) in [6, 6.07) is 0. The lowest BCUT2D eigenvalue weighted by molar-refractivity contribution is 0.0660. The van der Waals surface area contributed by atoms with Gasteiger partial charge in [-0.1, -0.05) is 6.42 Å². The fraction of sp³-hybridized carbons (Fsp3) is 0.875. The molecule has 4 heteroatoms. The second kappa shape index (κ2) is 4.30. The van der Waals surface area contributed by atoms with Gasteiger partial charge < -0.3 is 16.2 Å². The van der Waals surface area contributed by atoms with Gasteiger partial charge in [0.15, 0.2) is 5.96 Å². The molecular formula is C8H17N3O. The highest BCUT2D eigenvalue weighted by Crippen LogP contribution is 2.29. The molecular weight excluding hydrogens is 154 g/mol. The predicted octanol–water partition coefficient (Wildman–Crippen LogP) is -0.318. The van der Waals surface area contributed by atoms with Crippen LogP contribution in [0.25, 0.3) is 0 Å². The summed E-state index contributed by atoms with van der Waals surface area (Å²) in [6.07, 6.45) is 3.27. The van der Waals surface area contributed by atoms with Crippen molar-refractivity contribution < 1.29 is 5.11 Å². The van der Waals surface area contributed by atoms with E-state index in [0.29, 0.717) is 18.4 Å². The van der Waals surface area contributed by atoms with Crippen molar-refractivity contribution in [3.63, 3.8) is 0 Å². The van der Waals surface area contributed by atoms with Crippen molar-refractivity contribution in [2.45, 2.75) is 25.4 Å². The first kappa shape index (κ1) is 9.32. The Bertz CT molecular complexity index is 166. The van der Waals surface area contributed by atoms with Crippen LogP contribution in [-0.4, -0.2) is 30.8 Å². The molecule has 1 aliphatic carbocycles. The first-order chi connectivity index (χ1) is 5.74. The predicted molar refractivity (Wildman–Crippen MR) is 48.9 cm³/mol. The van der Waals surface area contributed by atoms with E-state index in [1.807, 2.05) is 0 Å². The van der Waals surface area contributed by atoms with Gasteiger partial charge in [0.05, 0.1) is 6.10 Å². The number of guanidine groups is 1. The van der Waals surface area contributed by atoms with Gasteiger partial charge in [-0.2, -0.15) is 0 Å². The minimum atomic E-state index is -0.265. The number of hydrogen-bond donors (Lipinski definition) is 3. The molecule has 4 nitrogen and oxygen atoms in total. The van der Waals surface area contributed by atoms with Crippen LogP contribution >= 0.6 is 0 Å². The molecule has 12 heavy (non-hydrogen) atoms. The summed E-state index contributed by atoms with van der Waals surface area (Å²) >= 11 is 0. The summed E-state index contributed by atoms with van der Waals surface area (Å²) in [5.41, 5.74) is 5.41. The van der Waals surface area contributed by atoms with Crippen molar-refractivity contribution in [1.29, 1.82) is 0 Å². The van der Waals surface area contributed by atoms with E-state index in [-0.39, 0.29) is 6.10 Å². The van der Waals surface area contributed by atoms with Crippen LogP contribution in [0.1, 0.15) is 19.3 Å². The van der Waals surface area contributed by atoms with E-state index in [2.05, 4.69) is 10.3 Å². The number of aliphatic imine (C=N–C) groups is 1. The second-order valence-corrected chi connectivity index (χ2v) is 3.25. The third-order valence-electron chi connectivity index (χ3n) is 2.43. The van der Waals surface area contributed by atoms with E-state index < -0.39 is 0 Å². The summed E-state index contributed by atoms with van der Waals surface area (Å²) < 4.78 is 0. The fourth-order valence-electron chi connectivity index (χ4n) is 1.28. The van der Waals surface area contributed by atoms with Crippen molar-refractivity contribution in [3.05, 3.63) is 0 Å².